The molecule has 1 aromatic carbocycles. The number of carbonyl (C=O) groups excluding carboxylic acids is 1. The van der Waals surface area contributed by atoms with Crippen LogP contribution in [0.2, 0.25) is 0 Å². The molecule has 0 spiro atoms. The van der Waals surface area contributed by atoms with Gasteiger partial charge in [-0.3, -0.25) is 19.1 Å². The van der Waals surface area contributed by atoms with E-state index in [1.807, 2.05) is 45.0 Å². The molecule has 36 heavy (non-hydrogen) atoms. The molecule has 0 unspecified atom stereocenters. The number of amides is 1. The van der Waals surface area contributed by atoms with Gasteiger partial charge in [-0.2, -0.15) is 0 Å². The first-order chi connectivity index (χ1) is 17.3. The Bertz CT molecular complexity index is 1530. The summed E-state index contributed by atoms with van der Waals surface area (Å²) in [6.07, 6.45) is 2.03. The number of H-pyrrole nitrogens is 1. The number of nitrogens with two attached hydrogens (primary N) is 1. The number of rotatable bonds is 8. The van der Waals surface area contributed by atoms with Crippen LogP contribution in [-0.2, 0) is 6.54 Å². The fourth-order valence-electron chi connectivity index (χ4n) is 4.20. The van der Waals surface area contributed by atoms with Crippen LogP contribution in [0.15, 0.2) is 44.4 Å². The number of carbonyl (C=O) groups is 1. The van der Waals surface area contributed by atoms with E-state index >= 15 is 0 Å². The number of unbranched alkanes of at least 4 members (excludes halogenated alkanes) is 1. The first-order valence-corrected chi connectivity index (χ1v) is 12.0. The monoisotopic (exact) mass is 490 g/mol. The normalized spacial score (nSPS) is 11.2. The Labute approximate surface area is 207 Å². The lowest BCUT2D eigenvalue weighted by Crippen LogP contribution is -2.41. The van der Waals surface area contributed by atoms with E-state index in [9.17, 15) is 14.4 Å². The van der Waals surface area contributed by atoms with Gasteiger partial charge < -0.3 is 15.2 Å². The van der Waals surface area contributed by atoms with E-state index in [4.69, 9.17) is 10.3 Å². The summed E-state index contributed by atoms with van der Waals surface area (Å²) in [5.41, 5.74) is 8.42. The van der Waals surface area contributed by atoms with E-state index in [0.717, 1.165) is 17.5 Å². The lowest BCUT2D eigenvalue weighted by atomic mass is 10.0. The second-order valence-electron chi connectivity index (χ2n) is 8.82. The molecule has 3 aromatic heterocycles. The Kier molecular flexibility index (Phi) is 7.05. The second-order valence-corrected chi connectivity index (χ2v) is 8.82. The molecule has 10 nitrogen and oxygen atoms in total. The number of nitrogens with zero attached hydrogens (tertiary/aromatic N) is 4. The molecule has 3 heterocycles. The minimum atomic E-state index is -0.708. The molecule has 188 valence electrons. The number of benzene rings is 1. The number of hydrogen-bond donors (Lipinski definition) is 2. The predicted molar refractivity (Wildman–Crippen MR) is 139 cm³/mol. The average molecular weight is 491 g/mol. The topological polar surface area (TPSA) is 140 Å². The van der Waals surface area contributed by atoms with Gasteiger partial charge in [0.15, 0.2) is 5.69 Å². The molecule has 1 amide bonds. The second kappa shape index (κ2) is 10.2. The van der Waals surface area contributed by atoms with Gasteiger partial charge in [-0.05, 0) is 32.8 Å². The molecule has 0 radical (unpaired) electrons. The van der Waals surface area contributed by atoms with Gasteiger partial charge in [0, 0.05) is 18.7 Å². The summed E-state index contributed by atoms with van der Waals surface area (Å²) in [4.78, 5) is 47.7. The number of anilines is 2. The molecule has 10 heteroatoms. The molecule has 4 rings (SSSR count). The Morgan fingerprint density at radius 2 is 1.86 bits per heavy atom. The zero-order chi connectivity index (χ0) is 26.0. The summed E-state index contributed by atoms with van der Waals surface area (Å²) in [6, 6.07) is 9.43. The van der Waals surface area contributed by atoms with Crippen molar-refractivity contribution in [2.75, 3.05) is 17.2 Å². The summed E-state index contributed by atoms with van der Waals surface area (Å²) < 4.78 is 6.72. The van der Waals surface area contributed by atoms with E-state index in [1.54, 1.807) is 13.0 Å². The van der Waals surface area contributed by atoms with Crippen molar-refractivity contribution in [3.8, 4) is 11.3 Å². The van der Waals surface area contributed by atoms with Crippen molar-refractivity contribution >= 4 is 28.5 Å². The number of nitrogens with one attached hydrogen (secondary N) is 1. The van der Waals surface area contributed by atoms with Gasteiger partial charge in [0.2, 0.25) is 0 Å². The van der Waals surface area contributed by atoms with Crippen LogP contribution in [0.3, 0.4) is 0 Å². The summed E-state index contributed by atoms with van der Waals surface area (Å²) >= 11 is 0. The Morgan fingerprint density at radius 3 is 2.53 bits per heavy atom. The van der Waals surface area contributed by atoms with Gasteiger partial charge in [-0.25, -0.2) is 9.78 Å². The van der Waals surface area contributed by atoms with E-state index in [2.05, 4.69) is 15.1 Å². The number of aryl methyl sites for hydroxylation is 2. The van der Waals surface area contributed by atoms with Crippen LogP contribution in [-0.4, -0.2) is 32.1 Å². The van der Waals surface area contributed by atoms with Crippen molar-refractivity contribution in [2.24, 2.45) is 0 Å². The largest absolute Gasteiger partial charge is 0.383 e. The third kappa shape index (κ3) is 4.53. The maximum absolute atomic E-state index is 14.1. The van der Waals surface area contributed by atoms with Crippen molar-refractivity contribution in [3.63, 3.8) is 0 Å². The number of nitrogen functional groups attached to an aromatic ring is 1. The van der Waals surface area contributed by atoms with Crippen molar-refractivity contribution in [3.05, 3.63) is 68.0 Å². The van der Waals surface area contributed by atoms with Crippen molar-refractivity contribution in [2.45, 2.75) is 53.5 Å². The van der Waals surface area contributed by atoms with Crippen LogP contribution in [0.25, 0.3) is 22.4 Å². The average Bonchev–Trinajstić information content (AvgIpc) is 3.23. The molecule has 0 saturated heterocycles. The minimum absolute atomic E-state index is 0.0406. The van der Waals surface area contributed by atoms with E-state index < -0.39 is 17.2 Å². The molecular formula is C26H30N6O4. The highest BCUT2D eigenvalue weighted by molar-refractivity contribution is 6.14. The molecule has 0 atom stereocenters. The molecular weight excluding hydrogens is 460 g/mol. The first-order valence-electron chi connectivity index (χ1n) is 12.0. The fourth-order valence-corrected chi connectivity index (χ4v) is 4.20. The molecule has 0 aliphatic heterocycles. The number of fused-ring (bicyclic) bond motifs is 1. The van der Waals surface area contributed by atoms with Crippen LogP contribution < -0.4 is 21.9 Å². The van der Waals surface area contributed by atoms with Gasteiger partial charge in [-0.15, -0.1) is 0 Å². The van der Waals surface area contributed by atoms with Gasteiger partial charge in [0.05, 0.1) is 22.3 Å². The van der Waals surface area contributed by atoms with Crippen molar-refractivity contribution < 1.29 is 9.32 Å². The van der Waals surface area contributed by atoms with Gasteiger partial charge in [0.1, 0.15) is 5.82 Å². The molecule has 3 N–H and O–H groups in total. The highest BCUT2D eigenvalue weighted by Gasteiger charge is 2.28. The maximum Gasteiger partial charge on any atom is 0.330 e. The number of pyridine rings is 1. The van der Waals surface area contributed by atoms with Gasteiger partial charge >= 0.3 is 5.69 Å². The first kappa shape index (κ1) is 24.9. The van der Waals surface area contributed by atoms with E-state index in [0.29, 0.717) is 36.2 Å². The third-order valence-corrected chi connectivity index (χ3v) is 6.11. The van der Waals surface area contributed by atoms with Crippen LogP contribution >= 0.6 is 0 Å². The Hall–Kier alpha value is -4.21. The van der Waals surface area contributed by atoms with E-state index in [-0.39, 0.29) is 29.3 Å². The van der Waals surface area contributed by atoms with E-state index in [1.165, 1.54) is 9.47 Å². The molecule has 0 fully saturated rings. The SMILES string of the molecule is CCCCN(C(=O)c1cc(-c2ccc(C)cc2)nc2onc(C)c12)c1c(N)n(CCC)c(=O)[nH]c1=O. The summed E-state index contributed by atoms with van der Waals surface area (Å²) in [7, 11) is 0. The smallest absolute Gasteiger partial charge is 0.330 e. The van der Waals surface area contributed by atoms with Crippen molar-refractivity contribution in [1.29, 1.82) is 0 Å². The summed E-state index contributed by atoms with van der Waals surface area (Å²) in [6.45, 7) is 8.15. The molecule has 0 bridgehead atoms. The Balaban J connectivity index is 1.94. The highest BCUT2D eigenvalue weighted by atomic mass is 16.5. The van der Waals surface area contributed by atoms with Crippen molar-refractivity contribution in [1.82, 2.24) is 19.7 Å². The zero-order valence-electron chi connectivity index (χ0n) is 20.9. The zero-order valence-corrected chi connectivity index (χ0v) is 20.9. The molecule has 0 aliphatic carbocycles. The van der Waals surface area contributed by atoms with Gasteiger partial charge in [0.25, 0.3) is 17.2 Å². The quantitative estimate of drug-likeness (QED) is 0.383. The fraction of sp³-hybridized carbons (Fsp3) is 0.346. The van der Waals surface area contributed by atoms with Gasteiger partial charge in [-0.1, -0.05) is 55.3 Å². The highest BCUT2D eigenvalue weighted by Crippen LogP contribution is 2.30. The lowest BCUT2D eigenvalue weighted by Gasteiger charge is -2.25. The van der Waals surface area contributed by atoms with Crippen LogP contribution in [0.5, 0.6) is 0 Å². The standard InChI is InChI=1S/C26H30N6O4/c1-5-7-13-31(21-22(27)32(12-6-2)26(35)29-23(21)33)25(34)18-14-19(17-10-8-15(3)9-11-17)28-24-20(18)16(4)30-36-24/h8-11,14H,5-7,12-13,27H2,1-4H3,(H,29,33,35). The van der Waals surface area contributed by atoms with Crippen LogP contribution in [0.1, 0.15) is 54.7 Å². The maximum atomic E-state index is 14.1. The molecule has 0 aliphatic rings. The van der Waals surface area contributed by atoms with Crippen LogP contribution in [0.4, 0.5) is 11.5 Å². The summed E-state index contributed by atoms with van der Waals surface area (Å²) in [5, 5.41) is 4.49. The predicted octanol–water partition coefficient (Wildman–Crippen LogP) is 3.80. The Morgan fingerprint density at radius 1 is 1.14 bits per heavy atom. The molecule has 4 aromatic rings. The number of aromatic nitrogens is 4. The number of aromatic amines is 1. The van der Waals surface area contributed by atoms with Crippen LogP contribution in [0, 0.1) is 13.8 Å². The summed E-state index contributed by atoms with van der Waals surface area (Å²) in [5.74, 6) is -0.490. The lowest BCUT2D eigenvalue weighted by molar-refractivity contribution is 0.0987. The molecule has 0 saturated carbocycles. The third-order valence-electron chi connectivity index (χ3n) is 6.11. The number of hydrogen-bond acceptors (Lipinski definition) is 7. The minimum Gasteiger partial charge on any atom is -0.383 e.